The summed E-state index contributed by atoms with van der Waals surface area (Å²) in [5, 5.41) is 6.32. The Labute approximate surface area is 159 Å². The molecule has 0 radical (unpaired) electrons. The summed E-state index contributed by atoms with van der Waals surface area (Å²) in [6.45, 7) is 0. The van der Waals surface area contributed by atoms with Gasteiger partial charge in [0.05, 0.1) is 0 Å². The number of hydrogen-bond acceptors (Lipinski definition) is 2. The zero-order valence-electron chi connectivity index (χ0n) is 15.6. The number of carbonyl (C=O) groups excluding carboxylic acids is 2. The third-order valence-corrected chi connectivity index (χ3v) is 6.34. The third-order valence-electron chi connectivity index (χ3n) is 6.34. The lowest BCUT2D eigenvalue weighted by molar-refractivity contribution is 0.0882. The van der Waals surface area contributed by atoms with Crippen molar-refractivity contribution in [1.82, 2.24) is 15.5 Å². The van der Waals surface area contributed by atoms with Gasteiger partial charge in [-0.2, -0.15) is 0 Å². The van der Waals surface area contributed by atoms with Crippen LogP contribution in [0.3, 0.4) is 0 Å². The molecular weight excluding hydrogens is 345 g/mol. The van der Waals surface area contributed by atoms with Crippen LogP contribution in [0.15, 0.2) is 24.3 Å². The van der Waals surface area contributed by atoms with E-state index in [9.17, 15) is 14.0 Å². The second kappa shape index (κ2) is 7.87. The first kappa shape index (κ1) is 18.3. The van der Waals surface area contributed by atoms with Crippen molar-refractivity contribution < 1.29 is 14.0 Å². The van der Waals surface area contributed by atoms with Gasteiger partial charge >= 0.3 is 6.03 Å². The minimum absolute atomic E-state index is 0.0683. The van der Waals surface area contributed by atoms with Gasteiger partial charge in [0, 0.05) is 29.7 Å². The number of nitrogens with one attached hydrogen (secondary N) is 2. The van der Waals surface area contributed by atoms with Gasteiger partial charge in [0.1, 0.15) is 5.82 Å². The van der Waals surface area contributed by atoms with E-state index in [-0.39, 0.29) is 35.9 Å². The third kappa shape index (κ3) is 4.09. The van der Waals surface area contributed by atoms with Crippen LogP contribution in [0.1, 0.15) is 68.1 Å². The molecule has 3 fully saturated rings. The molecule has 1 aromatic carbocycles. The highest BCUT2D eigenvalue weighted by atomic mass is 19.1. The molecule has 0 aromatic heterocycles. The molecule has 1 aliphatic carbocycles. The molecule has 2 atom stereocenters. The van der Waals surface area contributed by atoms with Crippen LogP contribution < -0.4 is 10.6 Å². The van der Waals surface area contributed by atoms with Crippen molar-refractivity contribution >= 4 is 11.9 Å². The first-order chi connectivity index (χ1) is 13.1. The van der Waals surface area contributed by atoms with E-state index in [1.165, 1.54) is 43.5 Å². The molecule has 1 saturated carbocycles. The lowest BCUT2D eigenvalue weighted by atomic mass is 9.95. The smallest absolute Gasteiger partial charge is 0.318 e. The number of piperidine rings is 1. The van der Waals surface area contributed by atoms with Crippen LogP contribution in [0, 0.1) is 5.82 Å². The fourth-order valence-electron chi connectivity index (χ4n) is 4.99. The minimum atomic E-state index is -0.345. The van der Waals surface area contributed by atoms with Crippen LogP contribution in [0.5, 0.6) is 0 Å². The Hall–Kier alpha value is -2.11. The van der Waals surface area contributed by atoms with Gasteiger partial charge in [-0.3, -0.25) is 4.79 Å². The first-order valence-electron chi connectivity index (χ1n) is 10.3. The number of halogens is 1. The van der Waals surface area contributed by atoms with Gasteiger partial charge in [0.15, 0.2) is 0 Å². The number of fused-ring (bicyclic) bond motifs is 2. The summed E-state index contributed by atoms with van der Waals surface area (Å²) in [6.07, 6.45) is 9.46. The fraction of sp³-hybridized carbons (Fsp3) is 0.619. The van der Waals surface area contributed by atoms with Crippen LogP contribution in [0.4, 0.5) is 9.18 Å². The highest BCUT2D eigenvalue weighted by Crippen LogP contribution is 2.36. The van der Waals surface area contributed by atoms with Crippen LogP contribution in [0.25, 0.3) is 0 Å². The number of nitrogens with zero attached hydrogens (tertiary/aromatic N) is 1. The number of rotatable bonds is 3. The van der Waals surface area contributed by atoms with E-state index >= 15 is 0 Å². The largest absolute Gasteiger partial charge is 0.349 e. The number of amides is 3. The highest BCUT2D eigenvalue weighted by molar-refractivity contribution is 5.94. The van der Waals surface area contributed by atoms with Gasteiger partial charge in [0.2, 0.25) is 0 Å². The molecule has 146 valence electrons. The van der Waals surface area contributed by atoms with Crippen molar-refractivity contribution in [2.45, 2.75) is 82.0 Å². The van der Waals surface area contributed by atoms with E-state index in [2.05, 4.69) is 10.6 Å². The summed E-state index contributed by atoms with van der Waals surface area (Å²) in [5.74, 6) is -0.513. The maximum Gasteiger partial charge on any atom is 0.318 e. The molecule has 6 heteroatoms. The van der Waals surface area contributed by atoms with Crippen molar-refractivity contribution in [2.24, 2.45) is 0 Å². The zero-order chi connectivity index (χ0) is 18.8. The van der Waals surface area contributed by atoms with Crippen LogP contribution in [-0.4, -0.2) is 41.0 Å². The zero-order valence-corrected chi connectivity index (χ0v) is 15.6. The number of benzene rings is 1. The molecule has 2 heterocycles. The minimum Gasteiger partial charge on any atom is -0.349 e. The van der Waals surface area contributed by atoms with Gasteiger partial charge in [-0.1, -0.05) is 19.3 Å². The molecule has 0 spiro atoms. The standard InChI is InChI=1S/C21H28FN3O2/c22-15-8-6-14(7-9-15)20(26)23-17-12-18-10-11-19(13-17)25(18)21(27)24-16-4-2-1-3-5-16/h6-9,16-19H,1-5,10-13H2,(H,23,26)(H,24,27). The van der Waals surface area contributed by atoms with Crippen LogP contribution in [0.2, 0.25) is 0 Å². The summed E-state index contributed by atoms with van der Waals surface area (Å²) in [7, 11) is 0. The van der Waals surface area contributed by atoms with Gasteiger partial charge in [-0.05, 0) is 62.8 Å². The van der Waals surface area contributed by atoms with E-state index in [1.54, 1.807) is 0 Å². The maximum absolute atomic E-state index is 13.0. The lowest BCUT2D eigenvalue weighted by Crippen LogP contribution is -2.56. The van der Waals surface area contributed by atoms with Gasteiger partial charge in [0.25, 0.3) is 5.91 Å². The molecule has 27 heavy (non-hydrogen) atoms. The summed E-state index contributed by atoms with van der Waals surface area (Å²) >= 11 is 0. The number of urea groups is 1. The Morgan fingerprint density at radius 2 is 1.48 bits per heavy atom. The average Bonchev–Trinajstić information content (AvgIpc) is 2.94. The average molecular weight is 373 g/mol. The normalized spacial score (nSPS) is 28.0. The topological polar surface area (TPSA) is 61.4 Å². The SMILES string of the molecule is O=C(NC1CC2CCC(C1)N2C(=O)NC1CCCCC1)c1ccc(F)cc1. The molecule has 2 saturated heterocycles. The predicted octanol–water partition coefficient (Wildman–Crippen LogP) is 3.59. The highest BCUT2D eigenvalue weighted by Gasteiger charge is 2.44. The van der Waals surface area contributed by atoms with E-state index < -0.39 is 0 Å². The quantitative estimate of drug-likeness (QED) is 0.850. The lowest BCUT2D eigenvalue weighted by Gasteiger charge is -2.40. The molecule has 4 rings (SSSR count). The van der Waals surface area contributed by atoms with E-state index in [4.69, 9.17) is 0 Å². The Bertz CT molecular complexity index is 673. The van der Waals surface area contributed by atoms with Crippen molar-refractivity contribution in [3.8, 4) is 0 Å². The van der Waals surface area contributed by atoms with Crippen LogP contribution >= 0.6 is 0 Å². The molecule has 2 unspecified atom stereocenters. The molecule has 3 amide bonds. The molecular formula is C21H28FN3O2. The van der Waals surface area contributed by atoms with Crippen molar-refractivity contribution in [2.75, 3.05) is 0 Å². The predicted molar refractivity (Wildman–Crippen MR) is 101 cm³/mol. The number of carbonyl (C=O) groups is 2. The van der Waals surface area contributed by atoms with Gasteiger partial charge in [-0.25, -0.2) is 9.18 Å². The molecule has 3 aliphatic rings. The molecule has 1 aromatic rings. The molecule has 2 bridgehead atoms. The maximum atomic E-state index is 13.0. The molecule has 2 N–H and O–H groups in total. The summed E-state index contributed by atoms with van der Waals surface area (Å²) < 4.78 is 13.0. The Morgan fingerprint density at radius 3 is 2.11 bits per heavy atom. The second-order valence-corrected chi connectivity index (χ2v) is 8.23. The summed E-state index contributed by atoms with van der Waals surface area (Å²) in [5.41, 5.74) is 0.473. The van der Waals surface area contributed by atoms with E-state index in [1.807, 2.05) is 4.90 Å². The monoisotopic (exact) mass is 373 g/mol. The Morgan fingerprint density at radius 1 is 0.852 bits per heavy atom. The van der Waals surface area contributed by atoms with Crippen LogP contribution in [-0.2, 0) is 0 Å². The van der Waals surface area contributed by atoms with Crippen molar-refractivity contribution in [3.63, 3.8) is 0 Å². The van der Waals surface area contributed by atoms with E-state index in [0.717, 1.165) is 38.5 Å². The van der Waals surface area contributed by atoms with Gasteiger partial charge in [-0.15, -0.1) is 0 Å². The van der Waals surface area contributed by atoms with Crippen molar-refractivity contribution in [1.29, 1.82) is 0 Å². The first-order valence-corrected chi connectivity index (χ1v) is 10.3. The van der Waals surface area contributed by atoms with Gasteiger partial charge < -0.3 is 15.5 Å². The van der Waals surface area contributed by atoms with Crippen molar-refractivity contribution in [3.05, 3.63) is 35.6 Å². The molecule has 5 nitrogen and oxygen atoms in total. The Kier molecular flexibility index (Phi) is 5.32. The Balaban J connectivity index is 1.33. The second-order valence-electron chi connectivity index (χ2n) is 8.23. The molecule has 2 aliphatic heterocycles. The summed E-state index contributed by atoms with van der Waals surface area (Å²) in [6, 6.07) is 6.49. The fourth-order valence-corrected chi connectivity index (χ4v) is 4.99. The number of hydrogen-bond donors (Lipinski definition) is 2. The van der Waals surface area contributed by atoms with E-state index in [0.29, 0.717) is 11.6 Å². The summed E-state index contributed by atoms with van der Waals surface area (Å²) in [4.78, 5) is 27.2.